The maximum atomic E-state index is 9.19. The average Bonchev–Trinajstić information content (AvgIpc) is 3.59. The molecule has 1 aliphatic carbocycles. The summed E-state index contributed by atoms with van der Waals surface area (Å²) in [4.78, 5) is 10.2. The molecule has 29 heavy (non-hydrogen) atoms. The highest BCUT2D eigenvalue weighted by molar-refractivity contribution is 7.80. The van der Waals surface area contributed by atoms with E-state index in [4.69, 9.17) is 10.00 Å². The number of hydrogen-bond donors (Lipinski definition) is 2. The zero-order chi connectivity index (χ0) is 21.6. The highest BCUT2D eigenvalue weighted by Crippen LogP contribution is 2.41. The number of nitriles is 1. The van der Waals surface area contributed by atoms with Crippen molar-refractivity contribution in [2.75, 3.05) is 19.0 Å². The first-order valence-corrected chi connectivity index (χ1v) is 10.2. The fraction of sp³-hybridized carbons (Fsp3) is 0.391. The van der Waals surface area contributed by atoms with Crippen LogP contribution in [-0.2, 0) is 16.1 Å². The predicted octanol–water partition coefficient (Wildman–Crippen LogP) is 5.49. The first-order valence-electron chi connectivity index (χ1n) is 9.74. The lowest BCUT2D eigenvalue weighted by Crippen LogP contribution is -2.02. The standard InChI is InChI=1S/C18H21NOS.C3H3NO2.C2H6/c1-12-9-16(21)6-8-18(12)20-11-15-10-14(13-3-4-13)5-7-17(15)19-2;4-1-2-6-3-5;1-2/h5-10,13,19,21H,3-4,11H2,1-2H3;3H,2H2;1-2H3. The van der Waals surface area contributed by atoms with Crippen LogP contribution < -0.4 is 10.1 Å². The van der Waals surface area contributed by atoms with Crippen LogP contribution in [0.1, 0.15) is 49.3 Å². The summed E-state index contributed by atoms with van der Waals surface area (Å²) in [5, 5.41) is 10.9. The van der Waals surface area contributed by atoms with E-state index in [-0.39, 0.29) is 13.1 Å². The van der Waals surface area contributed by atoms with Gasteiger partial charge < -0.3 is 14.8 Å². The zero-order valence-corrected chi connectivity index (χ0v) is 18.5. The molecule has 6 heteroatoms. The molecular weight excluding hydrogens is 384 g/mol. The molecule has 3 rings (SSSR count). The molecule has 0 heterocycles. The molecule has 1 fully saturated rings. The molecule has 0 aromatic heterocycles. The quantitative estimate of drug-likeness (QED) is 0.356. The summed E-state index contributed by atoms with van der Waals surface area (Å²) in [6.07, 6.45) is 2.64. The third kappa shape index (κ3) is 8.49. The van der Waals surface area contributed by atoms with E-state index in [2.05, 4.69) is 47.8 Å². The van der Waals surface area contributed by atoms with Gasteiger partial charge in [0.1, 0.15) is 18.4 Å². The number of carbonyl (C=O) groups excluding carboxylic acids is 1. The zero-order valence-electron chi connectivity index (χ0n) is 17.6. The molecule has 2 aromatic rings. The van der Waals surface area contributed by atoms with Crippen molar-refractivity contribution in [1.82, 2.24) is 0 Å². The summed E-state index contributed by atoms with van der Waals surface area (Å²) in [6, 6.07) is 14.3. The smallest absolute Gasteiger partial charge is 0.294 e. The van der Waals surface area contributed by atoms with Crippen molar-refractivity contribution >= 4 is 24.8 Å². The van der Waals surface area contributed by atoms with E-state index >= 15 is 0 Å². The molecule has 156 valence electrons. The van der Waals surface area contributed by atoms with Gasteiger partial charge in [-0.1, -0.05) is 26.0 Å². The van der Waals surface area contributed by atoms with Gasteiger partial charge in [0.2, 0.25) is 0 Å². The molecule has 0 spiro atoms. The molecule has 0 saturated heterocycles. The lowest BCUT2D eigenvalue weighted by molar-refractivity contribution is -0.127. The first-order chi connectivity index (χ1) is 14.1. The van der Waals surface area contributed by atoms with E-state index in [1.165, 1.54) is 24.0 Å². The van der Waals surface area contributed by atoms with Gasteiger partial charge in [-0.15, -0.1) is 12.6 Å². The Hall–Kier alpha value is -2.65. The lowest BCUT2D eigenvalue weighted by atomic mass is 10.1. The van der Waals surface area contributed by atoms with Crippen molar-refractivity contribution < 1.29 is 14.3 Å². The fourth-order valence-electron chi connectivity index (χ4n) is 2.67. The van der Waals surface area contributed by atoms with Crippen LogP contribution in [-0.4, -0.2) is 20.1 Å². The second-order valence-corrected chi connectivity index (χ2v) is 6.76. The maximum Gasteiger partial charge on any atom is 0.294 e. The Morgan fingerprint density at radius 2 is 1.97 bits per heavy atom. The van der Waals surface area contributed by atoms with E-state index in [0.717, 1.165) is 27.8 Å². The molecule has 1 saturated carbocycles. The van der Waals surface area contributed by atoms with Crippen LogP contribution in [0.25, 0.3) is 0 Å². The SMILES string of the molecule is CC.CNc1ccc(C2CC2)cc1COc1ccc(S)cc1C.N#CCOC=O. The van der Waals surface area contributed by atoms with E-state index < -0.39 is 0 Å². The van der Waals surface area contributed by atoms with Crippen LogP contribution in [0.5, 0.6) is 5.75 Å². The molecule has 5 nitrogen and oxygen atoms in total. The number of carbonyl (C=O) groups is 1. The first kappa shape index (κ1) is 24.4. The highest BCUT2D eigenvalue weighted by atomic mass is 32.1. The topological polar surface area (TPSA) is 71.3 Å². The van der Waals surface area contributed by atoms with Crippen molar-refractivity contribution in [2.24, 2.45) is 0 Å². The second-order valence-electron chi connectivity index (χ2n) is 6.24. The summed E-state index contributed by atoms with van der Waals surface area (Å²) in [7, 11) is 1.95. The largest absolute Gasteiger partial charge is 0.489 e. The number of nitrogens with one attached hydrogen (secondary N) is 1. The summed E-state index contributed by atoms with van der Waals surface area (Å²) in [5.74, 6) is 1.69. The van der Waals surface area contributed by atoms with Gasteiger partial charge in [-0.25, -0.2) is 0 Å². The van der Waals surface area contributed by atoms with Crippen LogP contribution in [0.4, 0.5) is 5.69 Å². The number of anilines is 1. The van der Waals surface area contributed by atoms with Crippen LogP contribution in [0.2, 0.25) is 0 Å². The van der Waals surface area contributed by atoms with Crippen LogP contribution in [0.3, 0.4) is 0 Å². The number of rotatable bonds is 7. The molecule has 2 aromatic carbocycles. The monoisotopic (exact) mass is 414 g/mol. The molecule has 0 unspecified atom stereocenters. The Balaban J connectivity index is 0.000000454. The van der Waals surface area contributed by atoms with Crippen molar-refractivity contribution in [3.8, 4) is 11.8 Å². The molecule has 0 atom stereocenters. The van der Waals surface area contributed by atoms with E-state index in [1.807, 2.05) is 39.1 Å². The predicted molar refractivity (Wildman–Crippen MR) is 120 cm³/mol. The fourth-order valence-corrected chi connectivity index (χ4v) is 2.94. The molecule has 1 N–H and O–H groups in total. The number of aryl methyl sites for hydroxylation is 1. The average molecular weight is 415 g/mol. The highest BCUT2D eigenvalue weighted by Gasteiger charge is 2.24. The Kier molecular flexibility index (Phi) is 11.4. The van der Waals surface area contributed by atoms with E-state index in [0.29, 0.717) is 6.61 Å². The Labute approximate surface area is 179 Å². The van der Waals surface area contributed by atoms with Gasteiger partial charge >= 0.3 is 0 Å². The molecule has 0 amide bonds. The van der Waals surface area contributed by atoms with Crippen molar-refractivity contribution in [2.45, 2.75) is 51.0 Å². The van der Waals surface area contributed by atoms with Crippen molar-refractivity contribution in [3.05, 3.63) is 53.1 Å². The normalized spacial score (nSPS) is 11.6. The number of benzene rings is 2. The van der Waals surface area contributed by atoms with Gasteiger partial charge in [-0.05, 0) is 61.1 Å². The second kappa shape index (κ2) is 13.5. The maximum absolute atomic E-state index is 9.19. The van der Waals surface area contributed by atoms with Crippen molar-refractivity contribution in [3.63, 3.8) is 0 Å². The Morgan fingerprint density at radius 3 is 2.48 bits per heavy atom. The van der Waals surface area contributed by atoms with Crippen LogP contribution >= 0.6 is 12.6 Å². The number of ether oxygens (including phenoxy) is 2. The van der Waals surface area contributed by atoms with Crippen molar-refractivity contribution in [1.29, 1.82) is 5.26 Å². The summed E-state index contributed by atoms with van der Waals surface area (Å²) in [5.41, 5.74) is 4.92. The van der Waals surface area contributed by atoms with Gasteiger partial charge in [-0.2, -0.15) is 5.26 Å². The molecule has 1 aliphatic rings. The van der Waals surface area contributed by atoms with Crippen LogP contribution in [0, 0.1) is 18.3 Å². The summed E-state index contributed by atoms with van der Waals surface area (Å²) in [6.45, 7) is 6.73. The third-order valence-corrected chi connectivity index (χ3v) is 4.48. The number of thiol groups is 1. The van der Waals surface area contributed by atoms with Gasteiger partial charge in [0.15, 0.2) is 6.61 Å². The van der Waals surface area contributed by atoms with Crippen LogP contribution in [0.15, 0.2) is 41.3 Å². The minimum atomic E-state index is -0.149. The van der Waals surface area contributed by atoms with Gasteiger partial charge in [0.25, 0.3) is 6.47 Å². The van der Waals surface area contributed by atoms with Gasteiger partial charge in [-0.3, -0.25) is 4.79 Å². The number of hydrogen-bond acceptors (Lipinski definition) is 6. The molecule has 0 radical (unpaired) electrons. The third-order valence-electron chi connectivity index (χ3n) is 4.21. The number of nitrogens with zero attached hydrogens (tertiary/aromatic N) is 1. The summed E-state index contributed by atoms with van der Waals surface area (Å²) < 4.78 is 9.94. The van der Waals surface area contributed by atoms with Gasteiger partial charge in [0, 0.05) is 23.2 Å². The van der Waals surface area contributed by atoms with Gasteiger partial charge in [0.05, 0.1) is 0 Å². The minimum absolute atomic E-state index is 0.149. The molecule has 0 bridgehead atoms. The Bertz CT molecular complexity index is 814. The van der Waals surface area contributed by atoms with E-state index in [1.54, 1.807) is 6.07 Å². The van der Waals surface area contributed by atoms with E-state index in [9.17, 15) is 4.79 Å². The lowest BCUT2D eigenvalue weighted by Gasteiger charge is -2.14. The summed E-state index contributed by atoms with van der Waals surface area (Å²) >= 11 is 4.35. The molecular formula is C23H30N2O3S. The molecule has 0 aliphatic heterocycles. The Morgan fingerprint density at radius 1 is 1.24 bits per heavy atom. The minimum Gasteiger partial charge on any atom is -0.489 e.